The molecule has 1 aromatic heterocycles. The molecule has 1 N–H and O–H groups in total. The molecule has 2 rings (SSSR count). The lowest BCUT2D eigenvalue weighted by Gasteiger charge is -2.13. The van der Waals surface area contributed by atoms with Crippen molar-refractivity contribution in [3.63, 3.8) is 0 Å². The minimum absolute atomic E-state index is 0.189. The molecule has 1 heterocycles. The summed E-state index contributed by atoms with van der Waals surface area (Å²) in [5.74, 6) is -1.17. The highest BCUT2D eigenvalue weighted by atomic mass is 35.5. The Bertz CT molecular complexity index is 688. The Morgan fingerprint density at radius 2 is 1.95 bits per heavy atom. The molecule has 1 aromatic carbocycles. The predicted molar refractivity (Wildman–Crippen MR) is 80.4 cm³/mol. The van der Waals surface area contributed by atoms with E-state index in [-0.39, 0.29) is 5.56 Å². The van der Waals surface area contributed by atoms with Gasteiger partial charge in [0.05, 0.1) is 5.56 Å². The van der Waals surface area contributed by atoms with Gasteiger partial charge in [0.15, 0.2) is 18.5 Å². The molecule has 22 heavy (non-hydrogen) atoms. The highest BCUT2D eigenvalue weighted by molar-refractivity contribution is 6.30. The summed E-state index contributed by atoms with van der Waals surface area (Å²) in [6.45, 7) is 1.45. The number of anilines is 1. The van der Waals surface area contributed by atoms with Gasteiger partial charge in [-0.15, -0.1) is 0 Å². The maximum Gasteiger partial charge on any atom is 0.339 e. The highest BCUT2D eigenvalue weighted by Gasteiger charge is 2.19. The molecule has 1 atom stereocenters. The number of nitrogens with zero attached hydrogens (tertiary/aromatic N) is 1. The molecule has 0 saturated carbocycles. The number of halogens is 1. The van der Waals surface area contributed by atoms with Crippen LogP contribution >= 0.6 is 11.6 Å². The van der Waals surface area contributed by atoms with Crippen molar-refractivity contribution in [1.29, 1.82) is 0 Å². The minimum Gasteiger partial charge on any atom is -0.619 e. The van der Waals surface area contributed by atoms with Crippen LogP contribution in [0.25, 0.3) is 0 Å². The van der Waals surface area contributed by atoms with Crippen LogP contribution in [0.15, 0.2) is 48.8 Å². The van der Waals surface area contributed by atoms with E-state index in [9.17, 15) is 14.8 Å². The monoisotopic (exact) mass is 320 g/mol. The lowest BCUT2D eigenvalue weighted by molar-refractivity contribution is -0.605. The molecular weight excluding hydrogens is 308 g/mol. The van der Waals surface area contributed by atoms with Crippen molar-refractivity contribution in [2.75, 3.05) is 5.32 Å². The van der Waals surface area contributed by atoms with Gasteiger partial charge in [-0.3, -0.25) is 4.79 Å². The van der Waals surface area contributed by atoms with Gasteiger partial charge in [-0.05, 0) is 25.1 Å². The Hall–Kier alpha value is -2.60. The third-order valence-corrected chi connectivity index (χ3v) is 3.02. The summed E-state index contributed by atoms with van der Waals surface area (Å²) in [5.41, 5.74) is 0.696. The number of hydrogen-bond donors (Lipinski definition) is 1. The van der Waals surface area contributed by atoms with Crippen LogP contribution in [0.5, 0.6) is 0 Å². The molecule has 0 aliphatic rings. The van der Waals surface area contributed by atoms with Crippen LogP contribution in [0.2, 0.25) is 5.02 Å². The normalized spacial score (nSPS) is 11.5. The number of esters is 1. The number of rotatable bonds is 4. The molecule has 7 heteroatoms. The van der Waals surface area contributed by atoms with Gasteiger partial charge in [0.2, 0.25) is 0 Å². The molecule has 0 aliphatic heterocycles. The fourth-order valence-corrected chi connectivity index (χ4v) is 1.83. The number of hydrogen-bond acceptors (Lipinski definition) is 4. The number of carbonyl (C=O) groups excluding carboxylic acids is 2. The second-order valence-corrected chi connectivity index (χ2v) is 4.93. The third kappa shape index (κ3) is 4.20. The van der Waals surface area contributed by atoms with Crippen molar-refractivity contribution < 1.29 is 19.1 Å². The van der Waals surface area contributed by atoms with Crippen LogP contribution in [0.3, 0.4) is 0 Å². The van der Waals surface area contributed by atoms with Crippen LogP contribution in [-0.4, -0.2) is 18.0 Å². The SMILES string of the molecule is C[C@H](OC(=O)c1cc[n+]([O-])cc1)C(=O)Nc1cccc(Cl)c1. The van der Waals surface area contributed by atoms with Crippen LogP contribution in [0.1, 0.15) is 17.3 Å². The number of ether oxygens (including phenoxy) is 1. The van der Waals surface area contributed by atoms with Crippen LogP contribution in [-0.2, 0) is 9.53 Å². The van der Waals surface area contributed by atoms with Crippen molar-refractivity contribution in [2.45, 2.75) is 13.0 Å². The van der Waals surface area contributed by atoms with Gasteiger partial charge < -0.3 is 15.3 Å². The smallest absolute Gasteiger partial charge is 0.339 e. The molecule has 2 aromatic rings. The maximum absolute atomic E-state index is 12.0. The summed E-state index contributed by atoms with van der Waals surface area (Å²) in [6, 6.07) is 9.25. The first-order valence-electron chi connectivity index (χ1n) is 6.42. The van der Waals surface area contributed by atoms with Gasteiger partial charge in [0.25, 0.3) is 5.91 Å². The van der Waals surface area contributed by atoms with E-state index in [2.05, 4.69) is 5.32 Å². The molecule has 0 spiro atoms. The summed E-state index contributed by atoms with van der Waals surface area (Å²) in [5, 5.41) is 14.0. The quantitative estimate of drug-likeness (QED) is 0.531. The third-order valence-electron chi connectivity index (χ3n) is 2.78. The molecule has 0 bridgehead atoms. The lowest BCUT2D eigenvalue weighted by Crippen LogP contribution is -2.30. The van der Waals surface area contributed by atoms with E-state index >= 15 is 0 Å². The van der Waals surface area contributed by atoms with E-state index in [0.29, 0.717) is 15.4 Å². The van der Waals surface area contributed by atoms with E-state index in [4.69, 9.17) is 16.3 Å². The van der Waals surface area contributed by atoms with Crippen molar-refractivity contribution >= 4 is 29.2 Å². The zero-order valence-corrected chi connectivity index (χ0v) is 12.4. The maximum atomic E-state index is 12.0. The van der Waals surface area contributed by atoms with Gasteiger partial charge in [-0.25, -0.2) is 4.79 Å². The molecular formula is C15H13ClN2O4. The highest BCUT2D eigenvalue weighted by Crippen LogP contribution is 2.15. The molecule has 114 valence electrons. The first-order chi connectivity index (χ1) is 10.5. The van der Waals surface area contributed by atoms with Gasteiger partial charge in [0.1, 0.15) is 0 Å². The Kier molecular flexibility index (Phi) is 4.95. The summed E-state index contributed by atoms with van der Waals surface area (Å²) >= 11 is 5.82. The number of amides is 1. The lowest BCUT2D eigenvalue weighted by atomic mass is 10.2. The zero-order chi connectivity index (χ0) is 16.1. The number of aromatic nitrogens is 1. The number of pyridine rings is 1. The molecule has 0 saturated heterocycles. The minimum atomic E-state index is -0.994. The van der Waals surface area contributed by atoms with E-state index in [1.807, 2.05) is 0 Å². The van der Waals surface area contributed by atoms with Crippen molar-refractivity contribution in [3.8, 4) is 0 Å². The van der Waals surface area contributed by atoms with Crippen molar-refractivity contribution in [3.05, 3.63) is 64.6 Å². The van der Waals surface area contributed by atoms with Gasteiger partial charge >= 0.3 is 5.97 Å². The van der Waals surface area contributed by atoms with Crippen molar-refractivity contribution in [2.24, 2.45) is 0 Å². The van der Waals surface area contributed by atoms with Crippen LogP contribution in [0, 0.1) is 5.21 Å². The van der Waals surface area contributed by atoms with Gasteiger partial charge in [-0.2, -0.15) is 4.73 Å². The van der Waals surface area contributed by atoms with E-state index < -0.39 is 18.0 Å². The van der Waals surface area contributed by atoms with Gasteiger partial charge in [-0.1, -0.05) is 17.7 Å². The first-order valence-corrected chi connectivity index (χ1v) is 6.80. The van der Waals surface area contributed by atoms with E-state index in [1.54, 1.807) is 24.3 Å². The Balaban J connectivity index is 1.96. The first kappa shape index (κ1) is 15.8. The molecule has 1 amide bonds. The van der Waals surface area contributed by atoms with Gasteiger partial charge in [0, 0.05) is 22.8 Å². The summed E-state index contributed by atoms with van der Waals surface area (Å²) in [4.78, 5) is 23.8. The molecule has 0 radical (unpaired) electrons. The second kappa shape index (κ2) is 6.91. The predicted octanol–water partition coefficient (Wildman–Crippen LogP) is 2.16. The fourth-order valence-electron chi connectivity index (χ4n) is 1.64. The molecule has 0 unspecified atom stereocenters. The van der Waals surface area contributed by atoms with E-state index in [1.165, 1.54) is 31.5 Å². The van der Waals surface area contributed by atoms with Crippen LogP contribution in [0.4, 0.5) is 5.69 Å². The fraction of sp³-hybridized carbons (Fsp3) is 0.133. The number of carbonyl (C=O) groups is 2. The Morgan fingerprint density at radius 3 is 2.59 bits per heavy atom. The topological polar surface area (TPSA) is 82.3 Å². The van der Waals surface area contributed by atoms with Crippen LogP contribution < -0.4 is 10.0 Å². The Morgan fingerprint density at radius 1 is 1.27 bits per heavy atom. The second-order valence-electron chi connectivity index (χ2n) is 4.49. The average Bonchev–Trinajstić information content (AvgIpc) is 2.47. The summed E-state index contributed by atoms with van der Waals surface area (Å²) in [7, 11) is 0. The number of nitrogens with one attached hydrogen (secondary N) is 1. The molecule has 0 aliphatic carbocycles. The largest absolute Gasteiger partial charge is 0.619 e. The number of benzene rings is 1. The molecule has 0 fully saturated rings. The van der Waals surface area contributed by atoms with Crippen molar-refractivity contribution in [1.82, 2.24) is 0 Å². The molecule has 6 nitrogen and oxygen atoms in total. The summed E-state index contributed by atoms with van der Waals surface area (Å²) in [6.07, 6.45) is 1.35. The average molecular weight is 321 g/mol. The summed E-state index contributed by atoms with van der Waals surface area (Å²) < 4.78 is 5.59. The Labute approximate surface area is 131 Å². The zero-order valence-electron chi connectivity index (χ0n) is 11.7. The van der Waals surface area contributed by atoms with E-state index in [0.717, 1.165) is 0 Å². The standard InChI is InChI=1S/C15H13ClN2O4/c1-10(14(19)17-13-4-2-3-12(16)9-13)22-15(20)11-5-7-18(21)8-6-11/h2-10H,1H3,(H,17,19)/t10-/m0/s1.